The van der Waals surface area contributed by atoms with Gasteiger partial charge in [-0.2, -0.15) is 0 Å². The van der Waals surface area contributed by atoms with Crippen molar-refractivity contribution in [1.29, 1.82) is 0 Å². The zero-order chi connectivity index (χ0) is 15.4. The van der Waals surface area contributed by atoms with Gasteiger partial charge in [-0.25, -0.2) is 4.39 Å². The van der Waals surface area contributed by atoms with Gasteiger partial charge in [0, 0.05) is 15.8 Å². The molecule has 0 spiro atoms. The van der Waals surface area contributed by atoms with Crippen molar-refractivity contribution in [2.45, 2.75) is 6.92 Å². The van der Waals surface area contributed by atoms with Crippen LogP contribution in [-0.4, -0.2) is 11.8 Å². The van der Waals surface area contributed by atoms with Gasteiger partial charge in [-0.15, -0.1) is 0 Å². The van der Waals surface area contributed by atoms with Crippen LogP contribution in [0.4, 0.5) is 15.8 Å². The first kappa shape index (κ1) is 15.2. The molecule has 0 heterocycles. The normalized spacial score (nSPS) is 10.0. The number of nitrogens with one attached hydrogen (secondary N) is 2. The number of carbonyl (C=O) groups is 2. The summed E-state index contributed by atoms with van der Waals surface area (Å²) in [6.07, 6.45) is 0. The largest absolute Gasteiger partial charge is 0.318 e. The van der Waals surface area contributed by atoms with Crippen molar-refractivity contribution in [3.05, 3.63) is 58.3 Å². The summed E-state index contributed by atoms with van der Waals surface area (Å²) in [7, 11) is 0. The van der Waals surface area contributed by atoms with Crippen molar-refractivity contribution in [2.75, 3.05) is 10.6 Å². The van der Waals surface area contributed by atoms with E-state index in [0.29, 0.717) is 5.69 Å². The van der Waals surface area contributed by atoms with E-state index in [0.717, 1.165) is 16.1 Å². The number of carbonyl (C=O) groups excluding carboxylic acids is 2. The summed E-state index contributed by atoms with van der Waals surface area (Å²) in [5.74, 6) is -2.16. The van der Waals surface area contributed by atoms with Crippen LogP contribution in [0.1, 0.15) is 5.56 Å². The standard InChI is InChI=1S/C15H12BrFN2O2/c1-9-7-10(16)5-6-13(9)19-15(21)14(20)18-12-4-2-3-11(17)8-12/h2-8H,1H3,(H,18,20)(H,19,21). The lowest BCUT2D eigenvalue weighted by Crippen LogP contribution is -2.29. The quantitative estimate of drug-likeness (QED) is 0.814. The van der Waals surface area contributed by atoms with Gasteiger partial charge in [0.15, 0.2) is 0 Å². The predicted molar refractivity (Wildman–Crippen MR) is 82.5 cm³/mol. The van der Waals surface area contributed by atoms with E-state index >= 15 is 0 Å². The maximum absolute atomic E-state index is 13.0. The number of aryl methyl sites for hydroxylation is 1. The average molecular weight is 351 g/mol. The molecular formula is C15H12BrFN2O2. The summed E-state index contributed by atoms with van der Waals surface area (Å²) in [5, 5.41) is 4.84. The second-order valence-corrected chi connectivity index (χ2v) is 5.29. The molecule has 0 fully saturated rings. The summed E-state index contributed by atoms with van der Waals surface area (Å²) in [6.45, 7) is 1.81. The van der Waals surface area contributed by atoms with Crippen molar-refractivity contribution in [3.63, 3.8) is 0 Å². The van der Waals surface area contributed by atoms with Crippen molar-refractivity contribution in [1.82, 2.24) is 0 Å². The van der Waals surface area contributed by atoms with Crippen molar-refractivity contribution < 1.29 is 14.0 Å². The molecule has 2 aromatic rings. The topological polar surface area (TPSA) is 58.2 Å². The van der Waals surface area contributed by atoms with Crippen molar-refractivity contribution >= 4 is 39.1 Å². The molecule has 4 nitrogen and oxygen atoms in total. The molecule has 2 N–H and O–H groups in total. The molecule has 0 aromatic heterocycles. The first-order valence-corrected chi connectivity index (χ1v) is 6.89. The second-order valence-electron chi connectivity index (χ2n) is 4.38. The van der Waals surface area contributed by atoms with Gasteiger partial charge in [0.2, 0.25) is 0 Å². The monoisotopic (exact) mass is 350 g/mol. The molecule has 21 heavy (non-hydrogen) atoms. The zero-order valence-corrected chi connectivity index (χ0v) is 12.7. The van der Waals surface area contributed by atoms with Crippen LogP contribution in [0.3, 0.4) is 0 Å². The Bertz CT molecular complexity index is 704. The van der Waals surface area contributed by atoms with Gasteiger partial charge in [0.05, 0.1) is 0 Å². The number of rotatable bonds is 2. The fraction of sp³-hybridized carbons (Fsp3) is 0.0667. The molecule has 2 aromatic carbocycles. The first-order valence-electron chi connectivity index (χ1n) is 6.10. The third-order valence-electron chi connectivity index (χ3n) is 2.73. The van der Waals surface area contributed by atoms with Crippen LogP contribution in [0.2, 0.25) is 0 Å². The van der Waals surface area contributed by atoms with Crippen molar-refractivity contribution in [2.24, 2.45) is 0 Å². The zero-order valence-electron chi connectivity index (χ0n) is 11.1. The average Bonchev–Trinajstić information content (AvgIpc) is 2.41. The Morgan fingerprint density at radius 2 is 1.76 bits per heavy atom. The minimum atomic E-state index is -0.858. The molecule has 0 radical (unpaired) electrons. The lowest BCUT2D eigenvalue weighted by atomic mass is 10.2. The smallest absolute Gasteiger partial charge is 0.314 e. The Morgan fingerprint density at radius 3 is 2.43 bits per heavy atom. The fourth-order valence-electron chi connectivity index (χ4n) is 1.70. The molecule has 0 saturated heterocycles. The van der Waals surface area contributed by atoms with Gasteiger partial charge in [-0.3, -0.25) is 9.59 Å². The van der Waals surface area contributed by atoms with E-state index in [1.54, 1.807) is 12.1 Å². The van der Waals surface area contributed by atoms with E-state index in [9.17, 15) is 14.0 Å². The van der Waals surface area contributed by atoms with E-state index in [1.807, 2.05) is 13.0 Å². The van der Waals surface area contributed by atoms with Gasteiger partial charge in [0.1, 0.15) is 5.82 Å². The number of anilines is 2. The van der Waals surface area contributed by atoms with Gasteiger partial charge >= 0.3 is 11.8 Å². The molecule has 6 heteroatoms. The molecule has 0 saturated carbocycles. The predicted octanol–water partition coefficient (Wildman–Crippen LogP) is 3.47. The third-order valence-corrected chi connectivity index (χ3v) is 3.22. The fourth-order valence-corrected chi connectivity index (χ4v) is 2.18. The van der Waals surface area contributed by atoms with Crippen LogP contribution >= 0.6 is 15.9 Å². The van der Waals surface area contributed by atoms with E-state index in [-0.39, 0.29) is 5.69 Å². The highest BCUT2D eigenvalue weighted by atomic mass is 79.9. The Kier molecular flexibility index (Phi) is 4.70. The number of amides is 2. The second kappa shape index (κ2) is 6.49. The summed E-state index contributed by atoms with van der Waals surface area (Å²) >= 11 is 3.31. The highest BCUT2D eigenvalue weighted by Gasteiger charge is 2.15. The number of halogens is 2. The Balaban J connectivity index is 2.04. The summed E-state index contributed by atoms with van der Waals surface area (Å²) in [4.78, 5) is 23.6. The highest BCUT2D eigenvalue weighted by molar-refractivity contribution is 9.10. The summed E-state index contributed by atoms with van der Waals surface area (Å²) < 4.78 is 13.9. The third kappa shape index (κ3) is 4.13. The van der Waals surface area contributed by atoms with Gasteiger partial charge in [0.25, 0.3) is 0 Å². The minimum absolute atomic E-state index is 0.225. The Morgan fingerprint density at radius 1 is 1.05 bits per heavy atom. The molecule has 0 bridgehead atoms. The molecule has 2 amide bonds. The molecule has 108 valence electrons. The maximum atomic E-state index is 13.0. The lowest BCUT2D eigenvalue weighted by molar-refractivity contribution is -0.133. The SMILES string of the molecule is Cc1cc(Br)ccc1NC(=O)C(=O)Nc1cccc(F)c1. The van der Waals surface area contributed by atoms with E-state index in [2.05, 4.69) is 26.6 Å². The molecular weight excluding hydrogens is 339 g/mol. The van der Waals surface area contributed by atoms with Crippen LogP contribution in [0.5, 0.6) is 0 Å². The van der Waals surface area contributed by atoms with Crippen LogP contribution in [0.15, 0.2) is 46.9 Å². The maximum Gasteiger partial charge on any atom is 0.314 e. The van der Waals surface area contributed by atoms with Crippen molar-refractivity contribution in [3.8, 4) is 0 Å². The van der Waals surface area contributed by atoms with E-state index in [1.165, 1.54) is 18.2 Å². The summed E-state index contributed by atoms with van der Waals surface area (Å²) in [6, 6.07) is 10.6. The Labute approximate surface area is 129 Å². The molecule has 2 rings (SSSR count). The molecule has 0 aliphatic carbocycles. The van der Waals surface area contributed by atoms with Crippen LogP contribution in [0.25, 0.3) is 0 Å². The molecule has 0 aliphatic heterocycles. The first-order chi connectivity index (χ1) is 9.95. The number of benzene rings is 2. The Hall–Kier alpha value is -2.21. The van der Waals surface area contributed by atoms with Crippen LogP contribution in [0, 0.1) is 12.7 Å². The molecule has 0 unspecified atom stereocenters. The van der Waals surface area contributed by atoms with Gasteiger partial charge in [-0.1, -0.05) is 22.0 Å². The minimum Gasteiger partial charge on any atom is -0.318 e. The summed E-state index contributed by atoms with van der Waals surface area (Å²) in [5.41, 5.74) is 1.58. The molecule has 0 aliphatic rings. The van der Waals surface area contributed by atoms with E-state index < -0.39 is 17.6 Å². The van der Waals surface area contributed by atoms with Gasteiger partial charge in [-0.05, 0) is 48.9 Å². The highest BCUT2D eigenvalue weighted by Crippen LogP contribution is 2.20. The van der Waals surface area contributed by atoms with Crippen LogP contribution in [-0.2, 0) is 9.59 Å². The number of hydrogen-bond acceptors (Lipinski definition) is 2. The van der Waals surface area contributed by atoms with Crippen LogP contribution < -0.4 is 10.6 Å². The van der Waals surface area contributed by atoms with Gasteiger partial charge < -0.3 is 10.6 Å². The lowest BCUT2D eigenvalue weighted by Gasteiger charge is -2.09. The number of hydrogen-bond donors (Lipinski definition) is 2. The van der Waals surface area contributed by atoms with E-state index in [4.69, 9.17) is 0 Å². The molecule has 0 atom stereocenters.